The fraction of sp³-hybridized carbons (Fsp3) is 0.133. The van der Waals surface area contributed by atoms with E-state index in [2.05, 4.69) is 0 Å². The number of carbonyl (C=O) groups excluding carboxylic acids is 2. The number of aromatic nitrogens is 1. The van der Waals surface area contributed by atoms with E-state index in [4.69, 9.17) is 10.5 Å². The summed E-state index contributed by atoms with van der Waals surface area (Å²) in [6, 6.07) is 8.59. The third-order valence-corrected chi connectivity index (χ3v) is 2.92. The van der Waals surface area contributed by atoms with Crippen LogP contribution in [0.1, 0.15) is 10.4 Å². The first-order chi connectivity index (χ1) is 9.99. The van der Waals surface area contributed by atoms with Gasteiger partial charge in [-0.05, 0) is 23.8 Å². The van der Waals surface area contributed by atoms with Gasteiger partial charge in [0.05, 0.1) is 18.6 Å². The molecule has 0 atom stereocenters. The molecule has 0 fully saturated rings. The number of carboxylic acid groups (broad SMARTS) is 1. The van der Waals surface area contributed by atoms with Crippen molar-refractivity contribution in [2.75, 3.05) is 7.11 Å². The molecule has 0 bridgehead atoms. The van der Waals surface area contributed by atoms with Crippen LogP contribution >= 0.6 is 0 Å². The van der Waals surface area contributed by atoms with Crippen molar-refractivity contribution in [3.05, 3.63) is 48.3 Å². The zero-order chi connectivity index (χ0) is 15.4. The standard InChI is InChI=1S/C15H14N2O4/c1-21-13-4-2-10(3-5-13)11-6-12(15(19)20)8-17(7-11)9-14(16)18/h2-8H,9H2,1H3,(H2-,16,18,19,20). The maximum Gasteiger partial charge on any atom is 0.283 e. The highest BCUT2D eigenvalue weighted by atomic mass is 16.5. The van der Waals surface area contributed by atoms with Crippen LogP contribution in [0.25, 0.3) is 11.1 Å². The summed E-state index contributed by atoms with van der Waals surface area (Å²) in [6.07, 6.45) is 2.96. The molecule has 2 rings (SSSR count). The predicted octanol–water partition coefficient (Wildman–Crippen LogP) is -0.501. The molecular formula is C15H14N2O4. The summed E-state index contributed by atoms with van der Waals surface area (Å²) in [4.78, 5) is 22.1. The van der Waals surface area contributed by atoms with Gasteiger partial charge in [0.1, 0.15) is 5.75 Å². The lowest BCUT2D eigenvalue weighted by Crippen LogP contribution is -2.42. The Kier molecular flexibility index (Phi) is 4.18. The number of primary amides is 1. The summed E-state index contributed by atoms with van der Waals surface area (Å²) >= 11 is 0. The number of rotatable bonds is 5. The second kappa shape index (κ2) is 6.04. The lowest BCUT2D eigenvalue weighted by Gasteiger charge is -2.07. The van der Waals surface area contributed by atoms with E-state index < -0.39 is 11.9 Å². The minimum Gasteiger partial charge on any atom is -0.545 e. The van der Waals surface area contributed by atoms with Crippen LogP contribution < -0.4 is 20.1 Å². The number of aromatic carboxylic acids is 1. The van der Waals surface area contributed by atoms with Crippen molar-refractivity contribution in [3.8, 4) is 16.9 Å². The lowest BCUT2D eigenvalue weighted by molar-refractivity contribution is -0.684. The molecule has 0 aliphatic rings. The largest absolute Gasteiger partial charge is 0.545 e. The number of nitrogens with two attached hydrogens (primary N) is 1. The van der Waals surface area contributed by atoms with Gasteiger partial charge in [-0.1, -0.05) is 12.1 Å². The second-order valence-corrected chi connectivity index (χ2v) is 4.47. The minimum absolute atomic E-state index is 0.0235. The SMILES string of the molecule is COc1ccc(-c2cc(C(=O)[O-])c[n+](CC(N)=O)c2)cc1. The molecule has 2 N–H and O–H groups in total. The Morgan fingerprint density at radius 1 is 1.19 bits per heavy atom. The van der Waals surface area contributed by atoms with Gasteiger partial charge in [0, 0.05) is 5.56 Å². The van der Waals surface area contributed by atoms with Crippen molar-refractivity contribution in [1.29, 1.82) is 0 Å². The summed E-state index contributed by atoms with van der Waals surface area (Å²) in [5, 5.41) is 11.1. The van der Waals surface area contributed by atoms with Crippen LogP contribution in [-0.4, -0.2) is 19.0 Å². The van der Waals surface area contributed by atoms with Crippen LogP contribution in [0.3, 0.4) is 0 Å². The number of benzene rings is 1. The average molecular weight is 286 g/mol. The van der Waals surface area contributed by atoms with Gasteiger partial charge in [-0.2, -0.15) is 4.57 Å². The summed E-state index contributed by atoms with van der Waals surface area (Å²) in [5.74, 6) is -1.18. The molecule has 6 nitrogen and oxygen atoms in total. The smallest absolute Gasteiger partial charge is 0.283 e. The van der Waals surface area contributed by atoms with Crippen LogP contribution in [0.4, 0.5) is 0 Å². The number of carbonyl (C=O) groups is 2. The number of hydrogen-bond donors (Lipinski definition) is 1. The molecule has 0 unspecified atom stereocenters. The molecule has 0 aliphatic carbocycles. The van der Waals surface area contributed by atoms with Crippen molar-refractivity contribution in [2.45, 2.75) is 6.54 Å². The van der Waals surface area contributed by atoms with E-state index in [0.717, 1.165) is 5.56 Å². The number of amides is 1. The fourth-order valence-electron chi connectivity index (χ4n) is 1.96. The van der Waals surface area contributed by atoms with E-state index in [-0.39, 0.29) is 12.1 Å². The van der Waals surface area contributed by atoms with E-state index >= 15 is 0 Å². The third-order valence-electron chi connectivity index (χ3n) is 2.92. The Hall–Kier alpha value is -2.89. The molecule has 0 radical (unpaired) electrons. The highest BCUT2D eigenvalue weighted by Gasteiger charge is 2.12. The fourth-order valence-corrected chi connectivity index (χ4v) is 1.96. The van der Waals surface area contributed by atoms with Gasteiger partial charge in [0.2, 0.25) is 6.54 Å². The van der Waals surface area contributed by atoms with Crippen LogP contribution in [0.5, 0.6) is 5.75 Å². The summed E-state index contributed by atoms with van der Waals surface area (Å²) in [6.45, 7) is -0.107. The van der Waals surface area contributed by atoms with Gasteiger partial charge in [-0.15, -0.1) is 0 Å². The number of ether oxygens (including phenoxy) is 1. The van der Waals surface area contributed by atoms with E-state index in [0.29, 0.717) is 11.3 Å². The second-order valence-electron chi connectivity index (χ2n) is 4.47. The van der Waals surface area contributed by atoms with Gasteiger partial charge >= 0.3 is 0 Å². The van der Waals surface area contributed by atoms with Gasteiger partial charge in [0.15, 0.2) is 12.4 Å². The summed E-state index contributed by atoms with van der Waals surface area (Å²) in [7, 11) is 1.56. The van der Waals surface area contributed by atoms with Crippen molar-refractivity contribution in [1.82, 2.24) is 0 Å². The first kappa shape index (κ1) is 14.5. The van der Waals surface area contributed by atoms with Crippen molar-refractivity contribution in [3.63, 3.8) is 0 Å². The molecule has 108 valence electrons. The summed E-state index contributed by atoms with van der Waals surface area (Å²) < 4.78 is 6.50. The quantitative estimate of drug-likeness (QED) is 0.749. The number of carboxylic acids is 1. The molecule has 1 aromatic heterocycles. The highest BCUT2D eigenvalue weighted by molar-refractivity contribution is 5.86. The Balaban J connectivity index is 2.47. The van der Waals surface area contributed by atoms with Gasteiger partial charge in [-0.25, -0.2) is 0 Å². The molecule has 1 aromatic carbocycles. The number of nitrogens with zero attached hydrogens (tertiary/aromatic N) is 1. The van der Waals surface area contributed by atoms with Crippen molar-refractivity contribution < 1.29 is 24.0 Å². The Morgan fingerprint density at radius 2 is 1.86 bits per heavy atom. The normalized spacial score (nSPS) is 10.1. The number of pyridine rings is 1. The average Bonchev–Trinajstić information content (AvgIpc) is 2.46. The number of hydrogen-bond acceptors (Lipinski definition) is 4. The molecule has 0 saturated heterocycles. The molecule has 6 heteroatoms. The first-order valence-electron chi connectivity index (χ1n) is 6.18. The van der Waals surface area contributed by atoms with Gasteiger partial charge in [-0.3, -0.25) is 4.79 Å². The van der Waals surface area contributed by atoms with E-state index in [9.17, 15) is 14.7 Å². The third kappa shape index (κ3) is 3.56. The van der Waals surface area contributed by atoms with E-state index in [1.807, 2.05) is 0 Å². The maximum absolute atomic E-state index is 11.1. The van der Waals surface area contributed by atoms with Gasteiger partial charge in [0.25, 0.3) is 5.91 Å². The van der Waals surface area contributed by atoms with Crippen molar-refractivity contribution >= 4 is 11.9 Å². The maximum atomic E-state index is 11.1. The molecule has 0 saturated carbocycles. The van der Waals surface area contributed by atoms with Crippen LogP contribution in [0, 0.1) is 0 Å². The number of methoxy groups -OCH3 is 1. The summed E-state index contributed by atoms with van der Waals surface area (Å²) in [5.41, 5.74) is 6.54. The first-order valence-corrected chi connectivity index (χ1v) is 6.18. The zero-order valence-electron chi connectivity index (χ0n) is 11.4. The molecule has 0 spiro atoms. The van der Waals surface area contributed by atoms with E-state index in [1.165, 1.54) is 16.8 Å². The van der Waals surface area contributed by atoms with E-state index in [1.54, 1.807) is 37.6 Å². The lowest BCUT2D eigenvalue weighted by atomic mass is 10.1. The van der Waals surface area contributed by atoms with Crippen LogP contribution in [0.15, 0.2) is 42.7 Å². The highest BCUT2D eigenvalue weighted by Crippen LogP contribution is 2.21. The molecule has 2 aromatic rings. The Labute approximate surface area is 121 Å². The molecule has 1 amide bonds. The molecule has 21 heavy (non-hydrogen) atoms. The Bertz CT molecular complexity index is 681. The van der Waals surface area contributed by atoms with Crippen LogP contribution in [-0.2, 0) is 11.3 Å². The topological polar surface area (TPSA) is 96.3 Å². The predicted molar refractivity (Wildman–Crippen MR) is 72.1 cm³/mol. The zero-order valence-corrected chi connectivity index (χ0v) is 11.4. The molecule has 0 aliphatic heterocycles. The molecular weight excluding hydrogens is 272 g/mol. The van der Waals surface area contributed by atoms with Gasteiger partial charge < -0.3 is 20.4 Å². The molecule has 1 heterocycles. The monoisotopic (exact) mass is 286 g/mol. The van der Waals surface area contributed by atoms with Crippen LogP contribution in [0.2, 0.25) is 0 Å². The Morgan fingerprint density at radius 3 is 2.38 bits per heavy atom. The minimum atomic E-state index is -1.32. The van der Waals surface area contributed by atoms with Crippen molar-refractivity contribution in [2.24, 2.45) is 5.73 Å².